The molecule has 1 aliphatic heterocycles. The third kappa shape index (κ3) is 2.07. The van der Waals surface area contributed by atoms with Gasteiger partial charge in [-0.2, -0.15) is 4.31 Å². The predicted octanol–water partition coefficient (Wildman–Crippen LogP) is 2.80. The average Bonchev–Trinajstić information content (AvgIpc) is 2.95. The van der Waals surface area contributed by atoms with Crippen molar-refractivity contribution in [1.82, 2.24) is 9.29 Å². The number of hydrogen-bond donors (Lipinski definition) is 0. The molecule has 0 radical (unpaired) electrons. The molecule has 1 aromatic carbocycles. The van der Waals surface area contributed by atoms with Gasteiger partial charge in [0, 0.05) is 24.7 Å². The Balaban J connectivity index is 1.64. The maximum atomic E-state index is 12.7. The highest BCUT2D eigenvalue weighted by molar-refractivity contribution is 7.89. The van der Waals surface area contributed by atoms with Gasteiger partial charge in [-0.05, 0) is 42.5 Å². The summed E-state index contributed by atoms with van der Waals surface area (Å²) in [6, 6.07) is 8.92. The summed E-state index contributed by atoms with van der Waals surface area (Å²) in [5, 5.41) is 0.870. The molecule has 110 valence electrons. The molecule has 1 aromatic heterocycles. The summed E-state index contributed by atoms with van der Waals surface area (Å²) in [4.78, 5) is 4.62. The number of rotatable bonds is 2. The molecule has 2 fully saturated rings. The van der Waals surface area contributed by atoms with Crippen LogP contribution in [0, 0.1) is 5.41 Å². The predicted molar refractivity (Wildman–Crippen MR) is 81.4 cm³/mol. The Labute approximate surface area is 124 Å². The van der Waals surface area contributed by atoms with E-state index in [0.29, 0.717) is 18.0 Å². The maximum Gasteiger partial charge on any atom is 0.243 e. The van der Waals surface area contributed by atoms with Crippen LogP contribution in [0.4, 0.5) is 0 Å². The number of aromatic nitrogens is 1. The fourth-order valence-electron chi connectivity index (χ4n) is 3.68. The number of pyridine rings is 1. The van der Waals surface area contributed by atoms with E-state index in [4.69, 9.17) is 0 Å². The van der Waals surface area contributed by atoms with Crippen molar-refractivity contribution in [2.24, 2.45) is 5.41 Å². The smallest absolute Gasteiger partial charge is 0.243 e. The number of benzene rings is 1. The van der Waals surface area contributed by atoms with Crippen molar-refractivity contribution in [2.45, 2.75) is 30.6 Å². The van der Waals surface area contributed by atoms with Crippen molar-refractivity contribution >= 4 is 20.9 Å². The van der Waals surface area contributed by atoms with Gasteiger partial charge in [-0.25, -0.2) is 8.42 Å². The summed E-state index contributed by atoms with van der Waals surface area (Å²) >= 11 is 0. The van der Waals surface area contributed by atoms with E-state index in [1.807, 2.05) is 12.1 Å². The van der Waals surface area contributed by atoms with Crippen LogP contribution in [0.5, 0.6) is 0 Å². The normalized spacial score (nSPS) is 21.7. The summed E-state index contributed by atoms with van der Waals surface area (Å²) in [5.74, 6) is 0. The van der Waals surface area contributed by atoms with Crippen LogP contribution in [-0.4, -0.2) is 30.8 Å². The lowest BCUT2D eigenvalue weighted by molar-refractivity contribution is 0.0777. The number of sulfonamides is 1. The molecule has 0 N–H and O–H groups in total. The molecule has 1 aliphatic carbocycles. The maximum absolute atomic E-state index is 12.7. The highest BCUT2D eigenvalue weighted by Gasteiger charge is 2.49. The molecule has 2 aromatic rings. The number of fused-ring (bicyclic) bond motifs is 1. The first-order chi connectivity index (χ1) is 10.1. The fraction of sp³-hybridized carbons (Fsp3) is 0.438. The quantitative estimate of drug-likeness (QED) is 0.857. The van der Waals surface area contributed by atoms with E-state index >= 15 is 0 Å². The first-order valence-corrected chi connectivity index (χ1v) is 8.88. The van der Waals surface area contributed by atoms with Crippen LogP contribution in [0.1, 0.15) is 25.7 Å². The molecule has 5 heteroatoms. The van der Waals surface area contributed by atoms with Crippen molar-refractivity contribution in [3.05, 3.63) is 36.5 Å². The van der Waals surface area contributed by atoms with E-state index in [2.05, 4.69) is 4.98 Å². The second-order valence-electron chi connectivity index (χ2n) is 6.34. The Bertz CT molecular complexity index is 787. The molecule has 0 atom stereocenters. The summed E-state index contributed by atoms with van der Waals surface area (Å²) in [6.07, 6.45) is 6.57. The number of nitrogens with zero attached hydrogens (tertiary/aromatic N) is 2. The standard InChI is InChI=1S/C16H18N2O2S/c19-21(20,18-11-16(12-18)7-1-2-8-16)14-5-6-15-13(10-14)4-3-9-17-15/h3-6,9-10H,1-2,7-8,11-12H2. The van der Waals surface area contributed by atoms with Gasteiger partial charge in [-0.15, -0.1) is 0 Å². The molecule has 4 rings (SSSR count). The minimum absolute atomic E-state index is 0.283. The zero-order chi connectivity index (χ0) is 14.5. The van der Waals surface area contributed by atoms with Crippen LogP contribution in [0.25, 0.3) is 10.9 Å². The Hall–Kier alpha value is -1.46. The van der Waals surface area contributed by atoms with Gasteiger partial charge in [0.2, 0.25) is 10.0 Å². The van der Waals surface area contributed by atoms with Crippen LogP contribution >= 0.6 is 0 Å². The van der Waals surface area contributed by atoms with Gasteiger partial charge in [-0.3, -0.25) is 4.98 Å². The van der Waals surface area contributed by atoms with E-state index in [0.717, 1.165) is 10.9 Å². The third-order valence-corrected chi connectivity index (χ3v) is 6.69. The van der Waals surface area contributed by atoms with E-state index in [-0.39, 0.29) is 5.41 Å². The lowest BCUT2D eigenvalue weighted by atomic mass is 9.80. The van der Waals surface area contributed by atoms with Crippen LogP contribution in [0.15, 0.2) is 41.4 Å². The minimum atomic E-state index is -3.35. The Morgan fingerprint density at radius 2 is 1.86 bits per heavy atom. The van der Waals surface area contributed by atoms with E-state index < -0.39 is 10.0 Å². The van der Waals surface area contributed by atoms with Gasteiger partial charge in [0.25, 0.3) is 0 Å². The highest BCUT2D eigenvalue weighted by atomic mass is 32.2. The molecular formula is C16H18N2O2S. The monoisotopic (exact) mass is 302 g/mol. The van der Waals surface area contributed by atoms with Crippen molar-refractivity contribution < 1.29 is 8.42 Å². The second kappa shape index (κ2) is 4.52. The topological polar surface area (TPSA) is 50.3 Å². The molecule has 2 heterocycles. The fourth-order valence-corrected chi connectivity index (χ4v) is 5.38. The molecular weight excluding hydrogens is 284 g/mol. The molecule has 0 bridgehead atoms. The summed E-state index contributed by atoms with van der Waals surface area (Å²) in [5.41, 5.74) is 1.11. The molecule has 1 spiro atoms. The Morgan fingerprint density at radius 1 is 1.10 bits per heavy atom. The lowest BCUT2D eigenvalue weighted by Crippen LogP contribution is -2.56. The lowest BCUT2D eigenvalue weighted by Gasteiger charge is -2.47. The molecule has 1 saturated heterocycles. The number of hydrogen-bond acceptors (Lipinski definition) is 3. The van der Waals surface area contributed by atoms with Crippen LogP contribution in [0.3, 0.4) is 0 Å². The van der Waals surface area contributed by atoms with Crippen molar-refractivity contribution in [2.75, 3.05) is 13.1 Å². The van der Waals surface area contributed by atoms with Crippen LogP contribution in [0.2, 0.25) is 0 Å². The Morgan fingerprint density at radius 3 is 2.62 bits per heavy atom. The minimum Gasteiger partial charge on any atom is -0.256 e. The van der Waals surface area contributed by atoms with Crippen molar-refractivity contribution in [1.29, 1.82) is 0 Å². The molecule has 2 aliphatic rings. The molecule has 0 amide bonds. The van der Waals surface area contributed by atoms with Crippen LogP contribution in [-0.2, 0) is 10.0 Å². The summed E-state index contributed by atoms with van der Waals surface area (Å²) in [6.45, 7) is 1.39. The summed E-state index contributed by atoms with van der Waals surface area (Å²) in [7, 11) is -3.35. The van der Waals surface area contributed by atoms with E-state index in [1.165, 1.54) is 25.7 Å². The van der Waals surface area contributed by atoms with Gasteiger partial charge in [0.15, 0.2) is 0 Å². The van der Waals surface area contributed by atoms with Crippen LogP contribution < -0.4 is 0 Å². The Kier molecular flexibility index (Phi) is 2.84. The largest absolute Gasteiger partial charge is 0.256 e. The van der Waals surface area contributed by atoms with E-state index in [9.17, 15) is 8.42 Å². The second-order valence-corrected chi connectivity index (χ2v) is 8.28. The summed E-state index contributed by atoms with van der Waals surface area (Å²) < 4.78 is 27.0. The average molecular weight is 302 g/mol. The molecule has 4 nitrogen and oxygen atoms in total. The molecule has 21 heavy (non-hydrogen) atoms. The zero-order valence-electron chi connectivity index (χ0n) is 11.8. The van der Waals surface area contributed by atoms with Gasteiger partial charge < -0.3 is 0 Å². The van der Waals surface area contributed by atoms with Crippen molar-refractivity contribution in [3.8, 4) is 0 Å². The highest BCUT2D eigenvalue weighted by Crippen LogP contribution is 2.47. The third-order valence-electron chi connectivity index (χ3n) is 4.90. The van der Waals surface area contributed by atoms with Gasteiger partial charge in [-0.1, -0.05) is 18.9 Å². The molecule has 1 saturated carbocycles. The first kappa shape index (κ1) is 13.2. The van der Waals surface area contributed by atoms with Gasteiger partial charge >= 0.3 is 0 Å². The molecule has 0 unspecified atom stereocenters. The SMILES string of the molecule is O=S(=O)(c1ccc2ncccc2c1)N1CC2(CCCC2)C1. The zero-order valence-corrected chi connectivity index (χ0v) is 12.6. The van der Waals surface area contributed by atoms with Gasteiger partial charge in [0.1, 0.15) is 0 Å². The van der Waals surface area contributed by atoms with Gasteiger partial charge in [0.05, 0.1) is 10.4 Å². The van der Waals surface area contributed by atoms with Crippen molar-refractivity contribution in [3.63, 3.8) is 0 Å². The first-order valence-electron chi connectivity index (χ1n) is 7.44. The van der Waals surface area contributed by atoms with E-state index in [1.54, 1.807) is 28.7 Å².